The highest BCUT2D eigenvalue weighted by molar-refractivity contribution is 5.94. The number of nitrogens with one attached hydrogen (secondary N) is 2. The van der Waals surface area contributed by atoms with Crippen molar-refractivity contribution in [1.82, 2.24) is 15.3 Å². The van der Waals surface area contributed by atoms with Gasteiger partial charge in [0.25, 0.3) is 5.91 Å². The molecule has 0 unspecified atom stereocenters. The molecular weight excluding hydrogens is 312 g/mol. The van der Waals surface area contributed by atoms with Crippen molar-refractivity contribution >= 4 is 11.6 Å². The van der Waals surface area contributed by atoms with Gasteiger partial charge < -0.3 is 10.6 Å². The summed E-state index contributed by atoms with van der Waals surface area (Å²) in [4.78, 5) is 20.5. The Balaban J connectivity index is 1.58. The number of pyridine rings is 2. The SMILES string of the molecule is Cc1ccc(CNC(=O)c2cncc(NCc3cccnc3)c2)cc1. The summed E-state index contributed by atoms with van der Waals surface area (Å²) in [6.45, 7) is 3.16. The smallest absolute Gasteiger partial charge is 0.253 e. The summed E-state index contributed by atoms with van der Waals surface area (Å²) in [5.41, 5.74) is 4.66. The molecule has 0 atom stereocenters. The molecule has 126 valence electrons. The summed E-state index contributed by atoms with van der Waals surface area (Å²) in [6.07, 6.45) is 6.81. The van der Waals surface area contributed by atoms with E-state index < -0.39 is 0 Å². The fourth-order valence-corrected chi connectivity index (χ4v) is 2.36. The lowest BCUT2D eigenvalue weighted by atomic mass is 10.1. The van der Waals surface area contributed by atoms with Crippen molar-refractivity contribution in [3.05, 3.63) is 89.5 Å². The zero-order chi connectivity index (χ0) is 17.5. The number of aryl methyl sites for hydroxylation is 1. The Hall–Kier alpha value is -3.21. The van der Waals surface area contributed by atoms with Gasteiger partial charge in [-0.05, 0) is 30.2 Å². The van der Waals surface area contributed by atoms with Crippen LogP contribution in [0.2, 0.25) is 0 Å². The maximum absolute atomic E-state index is 12.3. The lowest BCUT2D eigenvalue weighted by Gasteiger charge is -2.09. The predicted octanol–water partition coefficient (Wildman–Crippen LogP) is 3.33. The van der Waals surface area contributed by atoms with Gasteiger partial charge in [0, 0.05) is 37.9 Å². The fraction of sp³-hybridized carbons (Fsp3) is 0.150. The first-order chi connectivity index (χ1) is 12.2. The number of hydrogen-bond donors (Lipinski definition) is 2. The van der Waals surface area contributed by atoms with E-state index in [4.69, 9.17) is 0 Å². The molecule has 25 heavy (non-hydrogen) atoms. The van der Waals surface area contributed by atoms with Crippen LogP contribution in [-0.4, -0.2) is 15.9 Å². The number of benzene rings is 1. The van der Waals surface area contributed by atoms with Crippen LogP contribution in [0.4, 0.5) is 5.69 Å². The first-order valence-corrected chi connectivity index (χ1v) is 8.12. The van der Waals surface area contributed by atoms with Gasteiger partial charge in [0.1, 0.15) is 0 Å². The predicted molar refractivity (Wildman–Crippen MR) is 98.1 cm³/mol. The summed E-state index contributed by atoms with van der Waals surface area (Å²) in [6, 6.07) is 13.8. The maximum atomic E-state index is 12.3. The molecule has 5 nitrogen and oxygen atoms in total. The molecule has 0 aliphatic heterocycles. The number of anilines is 1. The molecule has 1 amide bonds. The van der Waals surface area contributed by atoms with E-state index in [2.05, 4.69) is 20.6 Å². The monoisotopic (exact) mass is 332 g/mol. The highest BCUT2D eigenvalue weighted by Gasteiger charge is 2.07. The van der Waals surface area contributed by atoms with E-state index in [-0.39, 0.29) is 5.91 Å². The van der Waals surface area contributed by atoms with E-state index in [1.54, 1.807) is 30.9 Å². The van der Waals surface area contributed by atoms with Gasteiger partial charge in [-0.3, -0.25) is 14.8 Å². The molecule has 0 bridgehead atoms. The third-order valence-corrected chi connectivity index (χ3v) is 3.79. The van der Waals surface area contributed by atoms with E-state index in [0.717, 1.165) is 16.8 Å². The Bertz CT molecular complexity index is 832. The molecule has 0 radical (unpaired) electrons. The molecule has 0 saturated carbocycles. The topological polar surface area (TPSA) is 66.9 Å². The van der Waals surface area contributed by atoms with Crippen LogP contribution in [0, 0.1) is 6.92 Å². The molecule has 2 aromatic heterocycles. The van der Waals surface area contributed by atoms with E-state index in [1.807, 2.05) is 43.3 Å². The Morgan fingerprint density at radius 2 is 1.80 bits per heavy atom. The fourth-order valence-electron chi connectivity index (χ4n) is 2.36. The number of carbonyl (C=O) groups is 1. The molecule has 2 heterocycles. The van der Waals surface area contributed by atoms with Gasteiger partial charge >= 0.3 is 0 Å². The molecule has 2 N–H and O–H groups in total. The molecule has 0 aliphatic rings. The van der Waals surface area contributed by atoms with Crippen LogP contribution in [0.3, 0.4) is 0 Å². The number of amides is 1. The summed E-state index contributed by atoms with van der Waals surface area (Å²) in [5.74, 6) is -0.141. The van der Waals surface area contributed by atoms with Crippen LogP contribution in [0.1, 0.15) is 27.0 Å². The van der Waals surface area contributed by atoms with Crippen molar-refractivity contribution in [1.29, 1.82) is 0 Å². The summed E-state index contributed by atoms with van der Waals surface area (Å²) >= 11 is 0. The summed E-state index contributed by atoms with van der Waals surface area (Å²) in [7, 11) is 0. The van der Waals surface area contributed by atoms with Crippen LogP contribution in [-0.2, 0) is 13.1 Å². The van der Waals surface area contributed by atoms with Crippen molar-refractivity contribution < 1.29 is 4.79 Å². The molecule has 0 spiro atoms. The minimum absolute atomic E-state index is 0.141. The number of nitrogens with zero attached hydrogens (tertiary/aromatic N) is 2. The largest absolute Gasteiger partial charge is 0.380 e. The Morgan fingerprint density at radius 1 is 0.960 bits per heavy atom. The lowest BCUT2D eigenvalue weighted by molar-refractivity contribution is 0.0950. The molecule has 0 fully saturated rings. The molecule has 1 aromatic carbocycles. The minimum atomic E-state index is -0.141. The number of rotatable bonds is 6. The maximum Gasteiger partial charge on any atom is 0.253 e. The zero-order valence-corrected chi connectivity index (χ0v) is 14.1. The summed E-state index contributed by atoms with van der Waals surface area (Å²) < 4.78 is 0. The van der Waals surface area contributed by atoms with Gasteiger partial charge in [0.05, 0.1) is 11.3 Å². The van der Waals surface area contributed by atoms with Crippen LogP contribution >= 0.6 is 0 Å². The van der Waals surface area contributed by atoms with Gasteiger partial charge in [-0.25, -0.2) is 0 Å². The van der Waals surface area contributed by atoms with Crippen molar-refractivity contribution in [2.24, 2.45) is 0 Å². The van der Waals surface area contributed by atoms with Gasteiger partial charge in [0.15, 0.2) is 0 Å². The molecular formula is C20H20N4O. The van der Waals surface area contributed by atoms with E-state index in [1.165, 1.54) is 5.56 Å². The van der Waals surface area contributed by atoms with E-state index in [9.17, 15) is 4.79 Å². The second-order valence-electron chi connectivity index (χ2n) is 5.85. The van der Waals surface area contributed by atoms with Crippen molar-refractivity contribution in [2.45, 2.75) is 20.0 Å². The Labute approximate surface area is 147 Å². The van der Waals surface area contributed by atoms with Gasteiger partial charge in [-0.2, -0.15) is 0 Å². The minimum Gasteiger partial charge on any atom is -0.380 e. The highest BCUT2D eigenvalue weighted by atomic mass is 16.1. The molecule has 0 saturated heterocycles. The standard InChI is InChI=1S/C20H20N4O/c1-15-4-6-16(7-5-15)11-24-20(25)18-9-19(14-22-13-18)23-12-17-3-2-8-21-10-17/h2-10,13-14,23H,11-12H2,1H3,(H,24,25). The molecule has 0 aliphatic carbocycles. The van der Waals surface area contributed by atoms with E-state index in [0.29, 0.717) is 18.7 Å². The second-order valence-corrected chi connectivity index (χ2v) is 5.85. The van der Waals surface area contributed by atoms with Crippen LogP contribution in [0.15, 0.2) is 67.3 Å². The lowest BCUT2D eigenvalue weighted by Crippen LogP contribution is -2.23. The van der Waals surface area contributed by atoms with Crippen LogP contribution in [0.25, 0.3) is 0 Å². The second kappa shape index (κ2) is 8.06. The summed E-state index contributed by atoms with van der Waals surface area (Å²) in [5, 5.41) is 6.17. The molecule has 3 rings (SSSR count). The van der Waals surface area contributed by atoms with Crippen LogP contribution < -0.4 is 10.6 Å². The third kappa shape index (κ3) is 4.88. The van der Waals surface area contributed by atoms with Gasteiger partial charge in [0.2, 0.25) is 0 Å². The van der Waals surface area contributed by atoms with E-state index >= 15 is 0 Å². The first-order valence-electron chi connectivity index (χ1n) is 8.12. The number of carbonyl (C=O) groups excluding carboxylic acids is 1. The molecule has 3 aromatic rings. The quantitative estimate of drug-likeness (QED) is 0.726. The van der Waals surface area contributed by atoms with Crippen LogP contribution in [0.5, 0.6) is 0 Å². The third-order valence-electron chi connectivity index (χ3n) is 3.79. The highest BCUT2D eigenvalue weighted by Crippen LogP contribution is 2.11. The van der Waals surface area contributed by atoms with Crippen molar-refractivity contribution in [3.63, 3.8) is 0 Å². The Kier molecular flexibility index (Phi) is 5.36. The average molecular weight is 332 g/mol. The van der Waals surface area contributed by atoms with Gasteiger partial charge in [-0.1, -0.05) is 35.9 Å². The molecule has 5 heteroatoms. The number of hydrogen-bond acceptors (Lipinski definition) is 4. The van der Waals surface area contributed by atoms with Gasteiger partial charge in [-0.15, -0.1) is 0 Å². The first kappa shape index (κ1) is 16.6. The normalized spacial score (nSPS) is 10.3. The van der Waals surface area contributed by atoms with Crippen molar-refractivity contribution in [3.8, 4) is 0 Å². The average Bonchev–Trinajstić information content (AvgIpc) is 2.67. The zero-order valence-electron chi connectivity index (χ0n) is 14.1. The number of aromatic nitrogens is 2. The Morgan fingerprint density at radius 3 is 2.56 bits per heavy atom. The van der Waals surface area contributed by atoms with Crippen molar-refractivity contribution in [2.75, 3.05) is 5.32 Å².